The van der Waals surface area contributed by atoms with E-state index in [0.717, 1.165) is 21.1 Å². The lowest BCUT2D eigenvalue weighted by Gasteiger charge is -2.00. The molecule has 66 valence electrons. The highest BCUT2D eigenvalue weighted by Crippen LogP contribution is 2.25. The number of aryl methyl sites for hydroxylation is 1. The number of fused-ring (bicyclic) bond motifs is 1. The number of phenols is 1. The average Bonchev–Trinajstić information content (AvgIpc) is 2.02. The second-order valence-electron chi connectivity index (χ2n) is 3.06. The first-order valence-corrected chi connectivity index (χ1v) is 4.01. The summed E-state index contributed by atoms with van der Waals surface area (Å²) in [7, 11) is 0. The second kappa shape index (κ2) is 2.62. The first-order valence-electron chi connectivity index (χ1n) is 4.01. The molecule has 0 aliphatic rings. The van der Waals surface area contributed by atoms with Gasteiger partial charge in [0.05, 0.1) is 5.39 Å². The Morgan fingerprint density at radius 3 is 2.77 bits per heavy atom. The molecule has 3 heteroatoms. The number of hydrogen-bond donors (Lipinski definition) is 2. The van der Waals surface area contributed by atoms with Crippen molar-refractivity contribution in [3.63, 3.8) is 0 Å². The molecule has 2 aromatic rings. The Morgan fingerprint density at radius 2 is 2.00 bits per heavy atom. The molecule has 0 atom stereocenters. The van der Waals surface area contributed by atoms with E-state index in [1.165, 1.54) is 0 Å². The molecule has 0 aliphatic heterocycles. The van der Waals surface area contributed by atoms with Gasteiger partial charge in [-0.25, -0.2) is 0 Å². The maximum absolute atomic E-state index is 9.55. The van der Waals surface area contributed by atoms with Gasteiger partial charge in [-0.15, -0.1) is 0 Å². The van der Waals surface area contributed by atoms with Crippen molar-refractivity contribution in [2.24, 2.45) is 0 Å². The molecule has 1 aromatic heterocycles. The minimum atomic E-state index is 0.246. The lowest BCUT2D eigenvalue weighted by Crippen LogP contribution is -2.28. The maximum atomic E-state index is 9.55. The van der Waals surface area contributed by atoms with E-state index in [9.17, 15) is 10.3 Å². The van der Waals surface area contributed by atoms with Gasteiger partial charge in [0, 0.05) is 15.7 Å². The summed E-state index contributed by atoms with van der Waals surface area (Å²) >= 11 is 0. The molecule has 0 saturated carbocycles. The second-order valence-corrected chi connectivity index (χ2v) is 3.06. The zero-order valence-corrected chi connectivity index (χ0v) is 7.23. The Bertz CT molecular complexity index is 466. The molecule has 0 radical (unpaired) electrons. The lowest BCUT2D eigenvalue weighted by molar-refractivity contribution is -0.904. The van der Waals surface area contributed by atoms with Crippen molar-refractivity contribution < 1.29 is 15.0 Å². The Kier molecular flexibility index (Phi) is 1.59. The minimum Gasteiger partial charge on any atom is -0.507 e. The van der Waals surface area contributed by atoms with Crippen LogP contribution in [-0.2, 0) is 0 Å². The van der Waals surface area contributed by atoms with E-state index in [4.69, 9.17) is 0 Å². The van der Waals surface area contributed by atoms with Gasteiger partial charge in [-0.2, -0.15) is 0 Å². The molecule has 0 saturated heterocycles. The van der Waals surface area contributed by atoms with E-state index in [0.29, 0.717) is 0 Å². The van der Waals surface area contributed by atoms with Gasteiger partial charge in [-0.1, -0.05) is 6.07 Å². The number of hydrogen-bond acceptors (Lipinski definition) is 2. The van der Waals surface area contributed by atoms with Crippen molar-refractivity contribution in [3.8, 4) is 5.75 Å². The first kappa shape index (κ1) is 7.86. The Hall–Kier alpha value is -1.77. The van der Waals surface area contributed by atoms with Crippen LogP contribution in [0.1, 0.15) is 5.56 Å². The minimum absolute atomic E-state index is 0.246. The molecule has 0 aliphatic carbocycles. The third-order valence-corrected chi connectivity index (χ3v) is 2.07. The van der Waals surface area contributed by atoms with Crippen molar-refractivity contribution in [3.05, 3.63) is 36.2 Å². The van der Waals surface area contributed by atoms with Crippen LogP contribution in [0.3, 0.4) is 0 Å². The fourth-order valence-corrected chi connectivity index (χ4v) is 1.54. The topological polar surface area (TPSA) is 44.3 Å². The molecule has 0 spiro atoms. The van der Waals surface area contributed by atoms with Crippen molar-refractivity contribution in [1.82, 2.24) is 0 Å². The molecule has 0 unspecified atom stereocenters. The van der Waals surface area contributed by atoms with Crippen LogP contribution in [0, 0.1) is 6.92 Å². The van der Waals surface area contributed by atoms with Gasteiger partial charge in [0.25, 0.3) is 0 Å². The van der Waals surface area contributed by atoms with Gasteiger partial charge < -0.3 is 5.11 Å². The number of nitrogens with zero attached hydrogens (tertiary/aromatic N) is 1. The molecule has 0 amide bonds. The van der Waals surface area contributed by atoms with Crippen LogP contribution in [0.5, 0.6) is 5.75 Å². The maximum Gasteiger partial charge on any atom is 0.230 e. The summed E-state index contributed by atoms with van der Waals surface area (Å²) in [5.74, 6) is 0.246. The van der Waals surface area contributed by atoms with Crippen LogP contribution in [0.2, 0.25) is 0 Å². The van der Waals surface area contributed by atoms with Gasteiger partial charge in [0.2, 0.25) is 12.4 Å². The van der Waals surface area contributed by atoms with Crippen LogP contribution >= 0.6 is 0 Å². The Labute approximate surface area is 75.5 Å². The van der Waals surface area contributed by atoms with Gasteiger partial charge in [-0.05, 0) is 19.1 Å². The standard InChI is InChI=1S/C10H9NO2/c1-7-5-11(13)6-8-3-2-4-9(12)10(7)8/h2-6H,1H3,(H-,12,13)/p+1. The molecular formula is C10H10NO2+. The van der Waals surface area contributed by atoms with Crippen LogP contribution in [-0.4, -0.2) is 10.3 Å². The lowest BCUT2D eigenvalue weighted by atomic mass is 10.1. The summed E-state index contributed by atoms with van der Waals surface area (Å²) in [5, 5.41) is 20.4. The molecule has 1 aromatic carbocycles. The third-order valence-electron chi connectivity index (χ3n) is 2.07. The Balaban J connectivity index is 2.94. The third kappa shape index (κ3) is 1.18. The molecule has 2 rings (SSSR count). The number of aromatic nitrogens is 1. The zero-order valence-electron chi connectivity index (χ0n) is 7.23. The van der Waals surface area contributed by atoms with E-state index >= 15 is 0 Å². The SMILES string of the molecule is Cc1c[n+](O)cc2cccc(O)c12. The highest BCUT2D eigenvalue weighted by Gasteiger charge is 2.08. The molecule has 1 heterocycles. The number of rotatable bonds is 0. The summed E-state index contributed by atoms with van der Waals surface area (Å²) in [5.41, 5.74) is 0.845. The number of benzene rings is 1. The summed E-state index contributed by atoms with van der Waals surface area (Å²) < 4.78 is 0.997. The summed E-state index contributed by atoms with van der Waals surface area (Å²) in [6, 6.07) is 5.23. The van der Waals surface area contributed by atoms with Crippen LogP contribution < -0.4 is 4.73 Å². The smallest absolute Gasteiger partial charge is 0.230 e. The summed E-state index contributed by atoms with van der Waals surface area (Å²) in [4.78, 5) is 0. The molecule has 13 heavy (non-hydrogen) atoms. The highest BCUT2D eigenvalue weighted by molar-refractivity contribution is 5.89. The largest absolute Gasteiger partial charge is 0.507 e. The van der Waals surface area contributed by atoms with E-state index in [2.05, 4.69) is 0 Å². The first-order chi connectivity index (χ1) is 6.18. The predicted molar refractivity (Wildman–Crippen MR) is 47.7 cm³/mol. The molecule has 0 bridgehead atoms. The normalized spacial score (nSPS) is 10.5. The fraction of sp³-hybridized carbons (Fsp3) is 0.100. The summed E-state index contributed by atoms with van der Waals surface area (Å²) in [6.07, 6.45) is 3.12. The molecule has 3 nitrogen and oxygen atoms in total. The monoisotopic (exact) mass is 176 g/mol. The van der Waals surface area contributed by atoms with Crippen molar-refractivity contribution in [2.45, 2.75) is 6.92 Å². The van der Waals surface area contributed by atoms with E-state index in [-0.39, 0.29) is 5.75 Å². The molecular weight excluding hydrogens is 166 g/mol. The van der Waals surface area contributed by atoms with E-state index in [1.807, 2.05) is 13.0 Å². The number of phenolic OH excluding ortho intramolecular Hbond substituents is 1. The number of pyridine rings is 1. The zero-order chi connectivity index (χ0) is 9.42. The summed E-state index contributed by atoms with van der Waals surface area (Å²) in [6.45, 7) is 1.84. The van der Waals surface area contributed by atoms with E-state index in [1.54, 1.807) is 24.5 Å². The van der Waals surface area contributed by atoms with Crippen molar-refractivity contribution in [1.29, 1.82) is 0 Å². The van der Waals surface area contributed by atoms with Crippen molar-refractivity contribution in [2.75, 3.05) is 0 Å². The number of aromatic hydroxyl groups is 1. The quantitative estimate of drug-likeness (QED) is 0.470. The van der Waals surface area contributed by atoms with Crippen LogP contribution in [0.25, 0.3) is 10.8 Å². The van der Waals surface area contributed by atoms with Crippen molar-refractivity contribution >= 4 is 10.8 Å². The van der Waals surface area contributed by atoms with Crippen LogP contribution in [0.4, 0.5) is 0 Å². The fourth-order valence-electron chi connectivity index (χ4n) is 1.54. The van der Waals surface area contributed by atoms with Gasteiger partial charge in [0.15, 0.2) is 0 Å². The highest BCUT2D eigenvalue weighted by atomic mass is 16.5. The molecule has 0 fully saturated rings. The average molecular weight is 176 g/mol. The van der Waals surface area contributed by atoms with Crippen LogP contribution in [0.15, 0.2) is 30.6 Å². The molecule has 2 N–H and O–H groups in total. The van der Waals surface area contributed by atoms with Gasteiger partial charge in [-0.3, -0.25) is 5.21 Å². The Morgan fingerprint density at radius 1 is 1.23 bits per heavy atom. The van der Waals surface area contributed by atoms with Gasteiger partial charge in [0.1, 0.15) is 5.75 Å². The predicted octanol–water partition coefficient (Wildman–Crippen LogP) is 1.38. The van der Waals surface area contributed by atoms with E-state index < -0.39 is 0 Å². The van der Waals surface area contributed by atoms with Gasteiger partial charge >= 0.3 is 0 Å².